The van der Waals surface area contributed by atoms with Gasteiger partial charge >= 0.3 is 0 Å². The number of aryl methyl sites for hydroxylation is 1. The maximum atomic E-state index is 5.30. The van der Waals surface area contributed by atoms with Crippen molar-refractivity contribution in [1.29, 1.82) is 0 Å². The summed E-state index contributed by atoms with van der Waals surface area (Å²) in [5, 5.41) is 7.45. The largest absolute Gasteiger partial charge is 0.338 e. The Morgan fingerprint density at radius 1 is 1.50 bits per heavy atom. The van der Waals surface area contributed by atoms with Crippen molar-refractivity contribution in [2.75, 3.05) is 20.1 Å². The molecule has 102 valence electrons. The molecule has 0 bridgehead atoms. The highest BCUT2D eigenvalue weighted by Gasteiger charge is 2.19. The summed E-state index contributed by atoms with van der Waals surface area (Å²) in [6, 6.07) is 0.588. The highest BCUT2D eigenvalue weighted by atomic mass is 16.5. The summed E-state index contributed by atoms with van der Waals surface area (Å²) in [4.78, 5) is 6.75. The van der Waals surface area contributed by atoms with E-state index in [1.165, 1.54) is 12.8 Å². The second-order valence-electron chi connectivity index (χ2n) is 5.12. The fraction of sp³-hybridized carbons (Fsp3) is 0.846. The van der Waals surface area contributed by atoms with E-state index in [0.29, 0.717) is 6.04 Å². The van der Waals surface area contributed by atoms with Crippen LogP contribution >= 0.6 is 0 Å². The number of unbranched alkanes of at least 4 members (excludes halogenated alkanes) is 1. The SMILES string of the molecule is CCCCc1noc(CN(C)C2CCCNC2)n1. The quantitative estimate of drug-likeness (QED) is 0.833. The van der Waals surface area contributed by atoms with Gasteiger partial charge in [0.1, 0.15) is 0 Å². The van der Waals surface area contributed by atoms with E-state index in [2.05, 4.69) is 34.3 Å². The van der Waals surface area contributed by atoms with Gasteiger partial charge in [-0.25, -0.2) is 0 Å². The van der Waals surface area contributed by atoms with E-state index in [1.807, 2.05) is 0 Å². The lowest BCUT2D eigenvalue weighted by molar-refractivity contribution is 0.174. The molecule has 1 atom stereocenters. The number of nitrogens with zero attached hydrogens (tertiary/aromatic N) is 3. The molecular formula is C13H24N4O. The van der Waals surface area contributed by atoms with Crippen molar-refractivity contribution < 1.29 is 4.52 Å². The van der Waals surface area contributed by atoms with Crippen LogP contribution in [-0.2, 0) is 13.0 Å². The van der Waals surface area contributed by atoms with Gasteiger partial charge in [-0.1, -0.05) is 18.5 Å². The third-order valence-corrected chi connectivity index (χ3v) is 3.54. The Bertz CT molecular complexity index is 347. The molecule has 1 saturated heterocycles. The average molecular weight is 252 g/mol. The van der Waals surface area contributed by atoms with Crippen molar-refractivity contribution in [2.24, 2.45) is 0 Å². The Morgan fingerprint density at radius 2 is 2.39 bits per heavy atom. The zero-order valence-electron chi connectivity index (χ0n) is 11.5. The Balaban J connectivity index is 1.82. The number of rotatable bonds is 6. The lowest BCUT2D eigenvalue weighted by Crippen LogP contribution is -2.43. The number of hydrogen-bond acceptors (Lipinski definition) is 5. The molecule has 2 heterocycles. The summed E-state index contributed by atoms with van der Waals surface area (Å²) in [6.07, 6.45) is 5.72. The monoisotopic (exact) mass is 252 g/mol. The Morgan fingerprint density at radius 3 is 3.11 bits per heavy atom. The molecule has 1 N–H and O–H groups in total. The highest BCUT2D eigenvalue weighted by molar-refractivity contribution is 4.88. The Labute approximate surface area is 109 Å². The van der Waals surface area contributed by atoms with E-state index in [4.69, 9.17) is 4.52 Å². The van der Waals surface area contributed by atoms with Crippen molar-refractivity contribution in [1.82, 2.24) is 20.4 Å². The maximum absolute atomic E-state index is 5.30. The molecule has 1 unspecified atom stereocenters. The zero-order chi connectivity index (χ0) is 12.8. The molecule has 1 aliphatic rings. The van der Waals surface area contributed by atoms with Crippen LogP contribution in [-0.4, -0.2) is 41.2 Å². The van der Waals surface area contributed by atoms with Crippen LogP contribution in [0.2, 0.25) is 0 Å². The van der Waals surface area contributed by atoms with Crippen LogP contribution in [0.25, 0.3) is 0 Å². The predicted molar refractivity (Wildman–Crippen MR) is 70.3 cm³/mol. The van der Waals surface area contributed by atoms with Crippen molar-refractivity contribution in [3.8, 4) is 0 Å². The van der Waals surface area contributed by atoms with Gasteiger partial charge in [-0.05, 0) is 32.9 Å². The molecule has 1 fully saturated rings. The number of nitrogens with one attached hydrogen (secondary N) is 1. The molecule has 1 aromatic heterocycles. The third-order valence-electron chi connectivity index (χ3n) is 3.54. The van der Waals surface area contributed by atoms with E-state index in [-0.39, 0.29) is 0 Å². The van der Waals surface area contributed by atoms with Gasteiger partial charge in [0.05, 0.1) is 6.54 Å². The van der Waals surface area contributed by atoms with Crippen LogP contribution in [0.15, 0.2) is 4.52 Å². The molecule has 0 spiro atoms. The second kappa shape index (κ2) is 6.85. The molecule has 5 nitrogen and oxygen atoms in total. The van der Waals surface area contributed by atoms with E-state index < -0.39 is 0 Å². The smallest absolute Gasteiger partial charge is 0.240 e. The van der Waals surface area contributed by atoms with E-state index in [1.54, 1.807) is 0 Å². The fourth-order valence-electron chi connectivity index (χ4n) is 2.34. The second-order valence-corrected chi connectivity index (χ2v) is 5.12. The van der Waals surface area contributed by atoms with E-state index in [0.717, 1.165) is 50.6 Å². The average Bonchev–Trinajstić information content (AvgIpc) is 2.85. The minimum atomic E-state index is 0.588. The first-order valence-electron chi connectivity index (χ1n) is 7.02. The molecule has 0 amide bonds. The first-order chi connectivity index (χ1) is 8.79. The molecule has 1 aromatic rings. The van der Waals surface area contributed by atoms with Crippen molar-refractivity contribution in [3.05, 3.63) is 11.7 Å². The van der Waals surface area contributed by atoms with Gasteiger partial charge in [0, 0.05) is 19.0 Å². The van der Waals surface area contributed by atoms with Crippen molar-refractivity contribution in [3.63, 3.8) is 0 Å². The molecule has 2 rings (SSSR count). The minimum absolute atomic E-state index is 0.588. The van der Waals surface area contributed by atoms with E-state index in [9.17, 15) is 0 Å². The number of piperidine rings is 1. The summed E-state index contributed by atoms with van der Waals surface area (Å²) in [5.74, 6) is 1.59. The summed E-state index contributed by atoms with van der Waals surface area (Å²) in [6.45, 7) is 5.13. The molecular weight excluding hydrogens is 228 g/mol. The standard InChI is InChI=1S/C13H24N4O/c1-3-4-7-12-15-13(18-16-12)10-17(2)11-6-5-8-14-9-11/h11,14H,3-10H2,1-2H3. The number of aromatic nitrogens is 2. The molecule has 0 aliphatic carbocycles. The Hall–Kier alpha value is -0.940. The Kier molecular flexibility index (Phi) is 5.13. The molecule has 18 heavy (non-hydrogen) atoms. The highest BCUT2D eigenvalue weighted by Crippen LogP contribution is 2.12. The van der Waals surface area contributed by atoms with Crippen LogP contribution in [0.1, 0.15) is 44.3 Å². The lowest BCUT2D eigenvalue weighted by Gasteiger charge is -2.30. The van der Waals surface area contributed by atoms with Gasteiger partial charge in [0.2, 0.25) is 5.89 Å². The van der Waals surface area contributed by atoms with E-state index >= 15 is 0 Å². The topological polar surface area (TPSA) is 54.2 Å². The fourth-order valence-corrected chi connectivity index (χ4v) is 2.34. The molecule has 0 saturated carbocycles. The van der Waals surface area contributed by atoms with Crippen LogP contribution < -0.4 is 5.32 Å². The first-order valence-corrected chi connectivity index (χ1v) is 7.02. The first kappa shape index (κ1) is 13.5. The number of hydrogen-bond donors (Lipinski definition) is 1. The molecule has 1 aliphatic heterocycles. The summed E-state index contributed by atoms with van der Waals surface area (Å²) >= 11 is 0. The van der Waals surface area contributed by atoms with Gasteiger partial charge in [0.25, 0.3) is 0 Å². The van der Waals surface area contributed by atoms with Crippen LogP contribution in [0.3, 0.4) is 0 Å². The maximum Gasteiger partial charge on any atom is 0.240 e. The van der Waals surface area contributed by atoms with Gasteiger partial charge in [-0.3, -0.25) is 4.90 Å². The van der Waals surface area contributed by atoms with Crippen LogP contribution in [0.4, 0.5) is 0 Å². The van der Waals surface area contributed by atoms with Crippen molar-refractivity contribution in [2.45, 2.75) is 51.6 Å². The van der Waals surface area contributed by atoms with Gasteiger partial charge in [-0.2, -0.15) is 4.98 Å². The number of likely N-dealkylation sites (N-methyl/N-ethyl adjacent to an activating group) is 1. The molecule has 0 aromatic carbocycles. The summed E-state index contributed by atoms with van der Waals surface area (Å²) < 4.78 is 5.30. The predicted octanol–water partition coefficient (Wildman–Crippen LogP) is 1.60. The van der Waals surface area contributed by atoms with Gasteiger partial charge in [0.15, 0.2) is 5.82 Å². The zero-order valence-corrected chi connectivity index (χ0v) is 11.5. The van der Waals surface area contributed by atoms with Crippen molar-refractivity contribution >= 4 is 0 Å². The lowest BCUT2D eigenvalue weighted by atomic mass is 10.1. The third kappa shape index (κ3) is 3.78. The van der Waals surface area contributed by atoms with Gasteiger partial charge < -0.3 is 9.84 Å². The summed E-state index contributed by atoms with van der Waals surface area (Å²) in [5.41, 5.74) is 0. The molecule has 5 heteroatoms. The van der Waals surface area contributed by atoms with Gasteiger partial charge in [-0.15, -0.1) is 0 Å². The normalized spacial score (nSPS) is 20.5. The van der Waals surface area contributed by atoms with Crippen LogP contribution in [0, 0.1) is 0 Å². The minimum Gasteiger partial charge on any atom is -0.338 e. The summed E-state index contributed by atoms with van der Waals surface area (Å²) in [7, 11) is 2.13. The van der Waals surface area contributed by atoms with Crippen LogP contribution in [0.5, 0.6) is 0 Å². The molecule has 0 radical (unpaired) electrons.